The van der Waals surface area contributed by atoms with Crippen molar-refractivity contribution in [3.63, 3.8) is 0 Å². The second-order valence-corrected chi connectivity index (χ2v) is 5.47. The summed E-state index contributed by atoms with van der Waals surface area (Å²) < 4.78 is 6.95. The van der Waals surface area contributed by atoms with E-state index in [1.54, 1.807) is 0 Å². The van der Waals surface area contributed by atoms with Gasteiger partial charge in [0.1, 0.15) is 5.75 Å². The molecular weight excluding hydrogens is 320 g/mol. The van der Waals surface area contributed by atoms with Crippen molar-refractivity contribution in [2.45, 2.75) is 31.2 Å². The Morgan fingerprint density at radius 2 is 2.20 bits per heavy atom. The van der Waals surface area contributed by atoms with E-state index in [0.717, 1.165) is 21.5 Å². The molecule has 1 fully saturated rings. The molecular formula is C12H14Br2O. The van der Waals surface area contributed by atoms with E-state index >= 15 is 0 Å². The fourth-order valence-electron chi connectivity index (χ4n) is 1.59. The van der Waals surface area contributed by atoms with Crippen LogP contribution in [0.5, 0.6) is 5.75 Å². The van der Waals surface area contributed by atoms with E-state index < -0.39 is 0 Å². The molecule has 1 nitrogen and oxygen atoms in total. The molecule has 0 amide bonds. The third-order valence-corrected chi connectivity index (χ3v) is 4.02. The van der Waals surface area contributed by atoms with Crippen LogP contribution in [-0.4, -0.2) is 6.10 Å². The van der Waals surface area contributed by atoms with Gasteiger partial charge < -0.3 is 4.74 Å². The van der Waals surface area contributed by atoms with Crippen molar-refractivity contribution in [2.24, 2.45) is 5.92 Å². The normalized spacial score (nSPS) is 17.5. The summed E-state index contributed by atoms with van der Waals surface area (Å²) in [5.41, 5.74) is 1.26. The standard InChI is InChI=1S/C12H14Br2O/c1-8(10-3-4-10)15-12-5-2-9(7-13)6-11(12)14/h2,5-6,8,10H,3-4,7H2,1H3. The Morgan fingerprint density at radius 1 is 1.47 bits per heavy atom. The molecule has 1 atom stereocenters. The first-order chi connectivity index (χ1) is 7.20. The summed E-state index contributed by atoms with van der Waals surface area (Å²) in [6.07, 6.45) is 2.98. The van der Waals surface area contributed by atoms with Gasteiger partial charge >= 0.3 is 0 Å². The predicted molar refractivity (Wildman–Crippen MR) is 69.6 cm³/mol. The van der Waals surface area contributed by atoms with Crippen molar-refractivity contribution in [1.29, 1.82) is 0 Å². The number of hydrogen-bond donors (Lipinski definition) is 0. The van der Waals surface area contributed by atoms with Crippen LogP contribution in [0, 0.1) is 5.92 Å². The Bertz CT molecular complexity index is 347. The zero-order chi connectivity index (χ0) is 10.8. The smallest absolute Gasteiger partial charge is 0.133 e. The molecule has 15 heavy (non-hydrogen) atoms. The largest absolute Gasteiger partial charge is 0.489 e. The first-order valence-corrected chi connectivity index (χ1v) is 7.13. The van der Waals surface area contributed by atoms with E-state index in [9.17, 15) is 0 Å². The highest BCUT2D eigenvalue weighted by atomic mass is 79.9. The van der Waals surface area contributed by atoms with Gasteiger partial charge in [0.05, 0.1) is 10.6 Å². The quantitative estimate of drug-likeness (QED) is 0.736. The van der Waals surface area contributed by atoms with Crippen LogP contribution < -0.4 is 4.74 Å². The maximum atomic E-state index is 5.91. The summed E-state index contributed by atoms with van der Waals surface area (Å²) in [6.45, 7) is 2.16. The molecule has 1 aromatic carbocycles. The molecule has 2 rings (SSSR count). The molecule has 0 saturated heterocycles. The zero-order valence-electron chi connectivity index (χ0n) is 8.67. The molecule has 0 radical (unpaired) electrons. The first-order valence-electron chi connectivity index (χ1n) is 5.21. The van der Waals surface area contributed by atoms with Gasteiger partial charge in [0, 0.05) is 5.33 Å². The highest BCUT2D eigenvalue weighted by Crippen LogP contribution is 2.36. The monoisotopic (exact) mass is 332 g/mol. The van der Waals surface area contributed by atoms with Crippen molar-refractivity contribution in [2.75, 3.05) is 0 Å². The summed E-state index contributed by atoms with van der Waals surface area (Å²) in [5.74, 6) is 1.73. The number of benzene rings is 1. The number of rotatable bonds is 4. The maximum absolute atomic E-state index is 5.91. The van der Waals surface area contributed by atoms with Gasteiger partial charge in [0.15, 0.2) is 0 Å². The Balaban J connectivity index is 2.07. The van der Waals surface area contributed by atoms with Gasteiger partial charge in [-0.15, -0.1) is 0 Å². The highest BCUT2D eigenvalue weighted by molar-refractivity contribution is 9.10. The van der Waals surface area contributed by atoms with Gasteiger partial charge in [-0.1, -0.05) is 22.0 Å². The summed E-state index contributed by atoms with van der Waals surface area (Å²) in [4.78, 5) is 0. The van der Waals surface area contributed by atoms with Crippen molar-refractivity contribution >= 4 is 31.9 Å². The number of halogens is 2. The van der Waals surface area contributed by atoms with Gasteiger partial charge in [-0.25, -0.2) is 0 Å². The second-order valence-electron chi connectivity index (χ2n) is 4.06. The molecule has 1 saturated carbocycles. The topological polar surface area (TPSA) is 9.23 Å². The molecule has 0 aliphatic heterocycles. The lowest BCUT2D eigenvalue weighted by atomic mass is 10.2. The van der Waals surface area contributed by atoms with E-state index in [2.05, 4.69) is 50.9 Å². The minimum absolute atomic E-state index is 0.344. The maximum Gasteiger partial charge on any atom is 0.133 e. The average Bonchev–Trinajstić information content (AvgIpc) is 3.04. The lowest BCUT2D eigenvalue weighted by Gasteiger charge is -2.15. The summed E-state index contributed by atoms with van der Waals surface area (Å²) in [6, 6.07) is 6.23. The molecule has 0 heterocycles. The summed E-state index contributed by atoms with van der Waals surface area (Å²) in [7, 11) is 0. The molecule has 1 aliphatic rings. The van der Waals surface area contributed by atoms with Crippen LogP contribution in [0.2, 0.25) is 0 Å². The third-order valence-electron chi connectivity index (χ3n) is 2.75. The summed E-state index contributed by atoms with van der Waals surface area (Å²) in [5, 5.41) is 0.879. The Hall–Kier alpha value is -0.0200. The van der Waals surface area contributed by atoms with E-state index in [4.69, 9.17) is 4.74 Å². The van der Waals surface area contributed by atoms with Crippen LogP contribution in [0.25, 0.3) is 0 Å². The predicted octanol–water partition coefficient (Wildman–Crippen LogP) is 4.52. The Labute approximate surface area is 107 Å². The zero-order valence-corrected chi connectivity index (χ0v) is 11.8. The SMILES string of the molecule is CC(Oc1ccc(CBr)cc1Br)C1CC1. The molecule has 0 spiro atoms. The Kier molecular flexibility index (Phi) is 3.73. The van der Waals surface area contributed by atoms with Crippen molar-refractivity contribution in [1.82, 2.24) is 0 Å². The fraction of sp³-hybridized carbons (Fsp3) is 0.500. The van der Waals surface area contributed by atoms with Crippen molar-refractivity contribution in [3.8, 4) is 5.75 Å². The first kappa shape index (κ1) is 11.5. The molecule has 1 aromatic rings. The number of hydrogen-bond acceptors (Lipinski definition) is 1. The molecule has 82 valence electrons. The van der Waals surface area contributed by atoms with Gasteiger partial charge in [-0.05, 0) is 59.3 Å². The minimum Gasteiger partial charge on any atom is -0.489 e. The fourth-order valence-corrected chi connectivity index (χ4v) is 2.45. The van der Waals surface area contributed by atoms with Gasteiger partial charge in [0.2, 0.25) is 0 Å². The van der Waals surface area contributed by atoms with Gasteiger partial charge in [-0.2, -0.15) is 0 Å². The average molecular weight is 334 g/mol. The molecule has 0 aromatic heterocycles. The van der Waals surface area contributed by atoms with Gasteiger partial charge in [0.25, 0.3) is 0 Å². The van der Waals surface area contributed by atoms with Crippen LogP contribution >= 0.6 is 31.9 Å². The van der Waals surface area contributed by atoms with Crippen LogP contribution in [0.3, 0.4) is 0 Å². The minimum atomic E-state index is 0.344. The van der Waals surface area contributed by atoms with Crippen molar-refractivity contribution < 1.29 is 4.74 Å². The second kappa shape index (κ2) is 4.88. The van der Waals surface area contributed by atoms with Crippen LogP contribution in [-0.2, 0) is 5.33 Å². The lowest BCUT2D eigenvalue weighted by molar-refractivity contribution is 0.197. The van der Waals surface area contributed by atoms with E-state index in [1.165, 1.54) is 18.4 Å². The summed E-state index contributed by atoms with van der Waals surface area (Å²) >= 11 is 6.98. The van der Waals surface area contributed by atoms with Gasteiger partial charge in [-0.3, -0.25) is 0 Å². The number of alkyl halides is 1. The number of ether oxygens (including phenoxy) is 1. The third kappa shape index (κ3) is 2.97. The van der Waals surface area contributed by atoms with E-state index in [-0.39, 0.29) is 0 Å². The Morgan fingerprint density at radius 3 is 2.73 bits per heavy atom. The molecule has 0 bridgehead atoms. The van der Waals surface area contributed by atoms with E-state index in [1.807, 2.05) is 6.07 Å². The molecule has 1 aliphatic carbocycles. The van der Waals surface area contributed by atoms with Crippen LogP contribution in [0.1, 0.15) is 25.3 Å². The van der Waals surface area contributed by atoms with Crippen LogP contribution in [0.4, 0.5) is 0 Å². The van der Waals surface area contributed by atoms with Crippen LogP contribution in [0.15, 0.2) is 22.7 Å². The van der Waals surface area contributed by atoms with E-state index in [0.29, 0.717) is 6.10 Å². The molecule has 1 unspecified atom stereocenters. The highest BCUT2D eigenvalue weighted by Gasteiger charge is 2.29. The molecule has 3 heteroatoms. The molecule has 0 N–H and O–H groups in total. The lowest BCUT2D eigenvalue weighted by Crippen LogP contribution is -2.14. The van der Waals surface area contributed by atoms with Crippen molar-refractivity contribution in [3.05, 3.63) is 28.2 Å².